The van der Waals surface area contributed by atoms with E-state index in [0.717, 1.165) is 11.4 Å². The number of fused-ring (bicyclic) bond motifs is 14. The van der Waals surface area contributed by atoms with E-state index in [-0.39, 0.29) is 0 Å². The molecule has 0 fully saturated rings. The first kappa shape index (κ1) is 32.4. The predicted molar refractivity (Wildman–Crippen MR) is 248 cm³/mol. The predicted octanol–water partition coefficient (Wildman–Crippen LogP) is 15.8. The summed E-state index contributed by atoms with van der Waals surface area (Å²) in [5.74, 6) is 0. The van der Waals surface area contributed by atoms with E-state index in [4.69, 9.17) is 0 Å². The van der Waals surface area contributed by atoms with Crippen LogP contribution in [-0.4, -0.2) is 0 Å². The minimum absolute atomic E-state index is 0.529. The maximum atomic E-state index is 2.52. The lowest BCUT2D eigenvalue weighted by atomic mass is 9.59. The minimum Gasteiger partial charge on any atom is -0.310 e. The van der Waals surface area contributed by atoms with Crippen LogP contribution in [0.5, 0.6) is 0 Å². The van der Waals surface area contributed by atoms with Gasteiger partial charge in [-0.15, -0.1) is 11.3 Å². The molecule has 0 bridgehead atoms. The van der Waals surface area contributed by atoms with Crippen LogP contribution in [0.1, 0.15) is 22.3 Å². The Morgan fingerprint density at radius 1 is 0.379 bits per heavy atom. The van der Waals surface area contributed by atoms with Crippen LogP contribution in [-0.2, 0) is 5.41 Å². The van der Waals surface area contributed by atoms with Crippen LogP contribution in [0.15, 0.2) is 210 Å². The summed E-state index contributed by atoms with van der Waals surface area (Å²) in [6.07, 6.45) is 0. The first-order valence-electron chi connectivity index (χ1n) is 19.9. The number of hydrogen-bond donors (Lipinski definition) is 0. The van der Waals surface area contributed by atoms with Crippen LogP contribution < -0.4 is 4.90 Å². The summed E-state index contributed by atoms with van der Waals surface area (Å²) < 4.78 is 2.64. The molecule has 13 rings (SSSR count). The number of hydrogen-bond acceptors (Lipinski definition) is 3. The van der Waals surface area contributed by atoms with E-state index in [1.807, 2.05) is 23.1 Å². The molecule has 11 aromatic rings. The van der Waals surface area contributed by atoms with Gasteiger partial charge in [0.25, 0.3) is 0 Å². The number of anilines is 3. The molecule has 2 heterocycles. The van der Waals surface area contributed by atoms with Crippen molar-refractivity contribution in [3.05, 3.63) is 222 Å². The number of thiophene rings is 1. The summed E-state index contributed by atoms with van der Waals surface area (Å²) in [6, 6.07) is 75.2. The molecule has 1 atom stereocenters. The van der Waals surface area contributed by atoms with Gasteiger partial charge in [-0.25, -0.2) is 0 Å². The molecule has 0 saturated heterocycles. The van der Waals surface area contributed by atoms with Crippen LogP contribution in [0.2, 0.25) is 0 Å². The maximum absolute atomic E-state index is 2.52. The van der Waals surface area contributed by atoms with E-state index in [0.29, 0.717) is 0 Å². The second-order valence-corrected chi connectivity index (χ2v) is 17.7. The van der Waals surface area contributed by atoms with E-state index < -0.39 is 5.41 Å². The van der Waals surface area contributed by atoms with Crippen molar-refractivity contribution in [1.29, 1.82) is 0 Å². The molecular weight excluding hydrogens is 739 g/mol. The molecule has 270 valence electrons. The average Bonchev–Trinajstić information content (AvgIpc) is 3.67. The van der Waals surface area contributed by atoms with Gasteiger partial charge >= 0.3 is 0 Å². The van der Waals surface area contributed by atoms with Gasteiger partial charge in [-0.3, -0.25) is 0 Å². The van der Waals surface area contributed by atoms with Crippen LogP contribution in [0.4, 0.5) is 17.1 Å². The third-order valence-corrected chi connectivity index (χ3v) is 15.0. The lowest BCUT2D eigenvalue weighted by Gasteiger charge is -2.46. The fourth-order valence-corrected chi connectivity index (χ4v) is 12.7. The van der Waals surface area contributed by atoms with Gasteiger partial charge in [0.1, 0.15) is 0 Å². The Labute approximate surface area is 344 Å². The Morgan fingerprint density at radius 3 is 1.91 bits per heavy atom. The van der Waals surface area contributed by atoms with E-state index in [9.17, 15) is 0 Å². The van der Waals surface area contributed by atoms with Crippen molar-refractivity contribution in [1.82, 2.24) is 0 Å². The molecule has 1 spiro atoms. The third-order valence-electron chi connectivity index (χ3n) is 12.7. The molecule has 1 aromatic heterocycles. The van der Waals surface area contributed by atoms with Crippen LogP contribution in [0, 0.1) is 0 Å². The Kier molecular flexibility index (Phi) is 6.81. The summed E-state index contributed by atoms with van der Waals surface area (Å²) in [4.78, 5) is 5.10. The monoisotopic (exact) mass is 771 g/mol. The number of nitrogens with zero attached hydrogens (tertiary/aromatic N) is 1. The second kappa shape index (κ2) is 12.2. The molecule has 1 nitrogen and oxygen atoms in total. The van der Waals surface area contributed by atoms with E-state index in [1.165, 1.54) is 101 Å². The molecule has 0 N–H and O–H groups in total. The van der Waals surface area contributed by atoms with Crippen molar-refractivity contribution in [3.63, 3.8) is 0 Å². The highest BCUT2D eigenvalue weighted by molar-refractivity contribution is 7.99. The van der Waals surface area contributed by atoms with Crippen LogP contribution in [0.3, 0.4) is 0 Å². The lowest BCUT2D eigenvalue weighted by molar-refractivity contribution is 0.707. The van der Waals surface area contributed by atoms with E-state index in [2.05, 4.69) is 205 Å². The van der Waals surface area contributed by atoms with Crippen molar-refractivity contribution >= 4 is 92.7 Å². The normalized spacial score (nSPS) is 15.2. The van der Waals surface area contributed by atoms with Crippen LogP contribution >= 0.6 is 23.1 Å². The summed E-state index contributed by atoms with van der Waals surface area (Å²) in [5, 5.41) is 10.3. The Bertz CT molecular complexity index is 3510. The number of benzene rings is 10. The van der Waals surface area contributed by atoms with Gasteiger partial charge in [-0.1, -0.05) is 169 Å². The Morgan fingerprint density at radius 2 is 1.00 bits per heavy atom. The maximum Gasteiger partial charge on any atom is 0.0736 e. The standard InChI is InChI=1S/C55H33NS2/c1-3-17-39-34(12-1)14-11-24-49(39)56(38-27-30-42-44-29-26-35-13-2-4-18-40(35)54(44)58-52(42)33-38)37-28-31-51-48(32-37)55(46-22-7-8-25-50(46)57-51)45-21-6-5-19-41(45)43-20-9-15-36-16-10-23-47(55)53(36)43/h1-33H. The van der Waals surface area contributed by atoms with Crippen molar-refractivity contribution in [2.24, 2.45) is 0 Å². The van der Waals surface area contributed by atoms with Gasteiger partial charge in [-0.2, -0.15) is 0 Å². The molecule has 3 heteroatoms. The quantitative estimate of drug-likeness (QED) is 0.176. The zero-order valence-corrected chi connectivity index (χ0v) is 32.9. The zero-order valence-electron chi connectivity index (χ0n) is 31.3. The Balaban J connectivity index is 1.12. The highest BCUT2D eigenvalue weighted by Crippen LogP contribution is 2.62. The van der Waals surface area contributed by atoms with E-state index in [1.54, 1.807) is 0 Å². The molecule has 1 aliphatic heterocycles. The second-order valence-electron chi connectivity index (χ2n) is 15.6. The van der Waals surface area contributed by atoms with Crippen LogP contribution in [0.25, 0.3) is 63.6 Å². The molecule has 0 radical (unpaired) electrons. The van der Waals surface area contributed by atoms with Gasteiger partial charge in [0.15, 0.2) is 0 Å². The molecular formula is C55H33NS2. The van der Waals surface area contributed by atoms with Crippen molar-refractivity contribution in [2.45, 2.75) is 15.2 Å². The summed E-state index contributed by atoms with van der Waals surface area (Å²) in [6.45, 7) is 0. The first-order valence-corrected chi connectivity index (χ1v) is 21.5. The molecule has 0 saturated carbocycles. The van der Waals surface area contributed by atoms with Gasteiger partial charge in [0.2, 0.25) is 0 Å². The van der Waals surface area contributed by atoms with Gasteiger partial charge in [0, 0.05) is 46.7 Å². The minimum atomic E-state index is -0.529. The molecule has 0 amide bonds. The highest BCUT2D eigenvalue weighted by atomic mass is 32.2. The van der Waals surface area contributed by atoms with Gasteiger partial charge < -0.3 is 4.90 Å². The summed E-state index contributed by atoms with van der Waals surface area (Å²) >= 11 is 3.80. The van der Waals surface area contributed by atoms with Crippen molar-refractivity contribution in [2.75, 3.05) is 4.90 Å². The first-order chi connectivity index (χ1) is 28.8. The third kappa shape index (κ3) is 4.38. The Hall–Kier alpha value is -6.65. The zero-order chi connectivity index (χ0) is 38.0. The average molecular weight is 772 g/mol. The summed E-state index contributed by atoms with van der Waals surface area (Å²) in [7, 11) is 0. The van der Waals surface area contributed by atoms with Crippen molar-refractivity contribution in [3.8, 4) is 11.1 Å². The topological polar surface area (TPSA) is 3.24 Å². The van der Waals surface area contributed by atoms with Gasteiger partial charge in [-0.05, 0) is 103 Å². The summed E-state index contributed by atoms with van der Waals surface area (Å²) in [5.41, 5.74) is 10.9. The molecule has 58 heavy (non-hydrogen) atoms. The van der Waals surface area contributed by atoms with E-state index >= 15 is 0 Å². The fraction of sp³-hybridized carbons (Fsp3) is 0.0182. The highest BCUT2D eigenvalue weighted by Gasteiger charge is 2.48. The molecule has 1 unspecified atom stereocenters. The van der Waals surface area contributed by atoms with Crippen molar-refractivity contribution < 1.29 is 0 Å². The fourth-order valence-electron chi connectivity index (χ4n) is 10.3. The smallest absolute Gasteiger partial charge is 0.0736 e. The number of rotatable bonds is 3. The SMILES string of the molecule is c1ccc2c(c1)Sc1ccc(N(c3ccc4c(c3)sc3c5ccccc5ccc43)c3cccc4ccccc34)cc1C21c2ccccc2-c2cccc3cccc1c23. The molecule has 10 aromatic carbocycles. The molecule has 1 aliphatic carbocycles. The largest absolute Gasteiger partial charge is 0.310 e. The lowest BCUT2D eigenvalue weighted by Crippen LogP contribution is -2.36. The van der Waals surface area contributed by atoms with Gasteiger partial charge in [0.05, 0.1) is 11.1 Å². The molecule has 2 aliphatic rings.